The predicted octanol–water partition coefficient (Wildman–Crippen LogP) is 2.32. The van der Waals surface area contributed by atoms with Crippen molar-refractivity contribution in [2.45, 2.75) is 37.1 Å². The molecule has 0 unspecified atom stereocenters. The molecular formula is C19H19FN2O3. The number of hydrogen-bond donors (Lipinski definition) is 3. The van der Waals surface area contributed by atoms with Crippen LogP contribution in [0.4, 0.5) is 10.1 Å². The van der Waals surface area contributed by atoms with E-state index in [4.69, 9.17) is 4.74 Å². The molecule has 1 heterocycles. The Balaban J connectivity index is 1.48. The van der Waals surface area contributed by atoms with Gasteiger partial charge in [-0.3, -0.25) is 4.79 Å². The molecule has 0 radical (unpaired) electrons. The van der Waals surface area contributed by atoms with Crippen molar-refractivity contribution in [1.29, 1.82) is 0 Å². The van der Waals surface area contributed by atoms with Gasteiger partial charge in [0.15, 0.2) is 0 Å². The van der Waals surface area contributed by atoms with E-state index in [1.807, 2.05) is 24.3 Å². The Bertz CT molecular complexity index is 798. The normalized spacial score (nSPS) is 27.3. The highest BCUT2D eigenvalue weighted by Gasteiger charge is 2.43. The molecule has 3 N–H and O–H groups in total. The number of amides is 1. The van der Waals surface area contributed by atoms with Crippen LogP contribution in [0.5, 0.6) is 5.75 Å². The van der Waals surface area contributed by atoms with E-state index in [1.165, 1.54) is 18.2 Å². The van der Waals surface area contributed by atoms with Crippen molar-refractivity contribution in [3.05, 3.63) is 59.9 Å². The second-order valence-electron chi connectivity index (χ2n) is 6.48. The van der Waals surface area contributed by atoms with Gasteiger partial charge in [0.05, 0.1) is 23.9 Å². The van der Waals surface area contributed by atoms with Crippen LogP contribution in [0, 0.1) is 5.82 Å². The molecule has 0 bridgehead atoms. The topological polar surface area (TPSA) is 70.6 Å². The number of anilines is 1. The third-order valence-corrected chi connectivity index (χ3v) is 4.83. The minimum Gasteiger partial charge on any atom is -0.486 e. The number of carbonyl (C=O) groups excluding carboxylic acids is 1. The lowest BCUT2D eigenvalue weighted by atomic mass is 9.84. The van der Waals surface area contributed by atoms with Gasteiger partial charge in [-0.25, -0.2) is 4.39 Å². The molecule has 6 heteroatoms. The fourth-order valence-corrected chi connectivity index (χ4v) is 3.55. The van der Waals surface area contributed by atoms with E-state index in [2.05, 4.69) is 10.6 Å². The highest BCUT2D eigenvalue weighted by atomic mass is 19.1. The zero-order valence-electron chi connectivity index (χ0n) is 13.5. The Kier molecular flexibility index (Phi) is 4.05. The van der Waals surface area contributed by atoms with Crippen molar-refractivity contribution in [2.24, 2.45) is 0 Å². The van der Waals surface area contributed by atoms with Crippen LogP contribution in [0.15, 0.2) is 48.5 Å². The lowest BCUT2D eigenvalue weighted by Gasteiger charge is -2.44. The second kappa shape index (κ2) is 6.37. The number of ether oxygens (including phenoxy) is 1. The van der Waals surface area contributed by atoms with Crippen LogP contribution in [0.1, 0.15) is 23.2 Å². The van der Waals surface area contributed by atoms with Crippen molar-refractivity contribution in [2.75, 3.05) is 5.32 Å². The number of aliphatic hydroxyl groups excluding tert-OH is 1. The van der Waals surface area contributed by atoms with E-state index in [1.54, 1.807) is 6.07 Å². The molecule has 1 aliphatic carbocycles. The average molecular weight is 342 g/mol. The quantitative estimate of drug-likeness (QED) is 0.783. The van der Waals surface area contributed by atoms with Crippen LogP contribution in [-0.4, -0.2) is 35.3 Å². The molecule has 1 amide bonds. The maximum absolute atomic E-state index is 13.3. The first-order valence-corrected chi connectivity index (χ1v) is 8.38. The van der Waals surface area contributed by atoms with Crippen LogP contribution in [0.3, 0.4) is 0 Å². The molecule has 0 saturated heterocycles. The minimum absolute atomic E-state index is 0.146. The predicted molar refractivity (Wildman–Crippen MR) is 91.2 cm³/mol. The van der Waals surface area contributed by atoms with Gasteiger partial charge >= 0.3 is 0 Å². The number of rotatable bonds is 2. The van der Waals surface area contributed by atoms with E-state index in [0.29, 0.717) is 12.8 Å². The fraction of sp³-hybridized carbons (Fsp3) is 0.316. The monoisotopic (exact) mass is 342 g/mol. The summed E-state index contributed by atoms with van der Waals surface area (Å²) in [5.74, 6) is -0.0758. The summed E-state index contributed by atoms with van der Waals surface area (Å²) < 4.78 is 19.3. The number of halogens is 1. The molecule has 4 rings (SSSR count). The zero-order valence-corrected chi connectivity index (χ0v) is 13.5. The van der Waals surface area contributed by atoms with E-state index in [-0.39, 0.29) is 23.6 Å². The number of para-hydroxylation sites is 2. The van der Waals surface area contributed by atoms with E-state index in [0.717, 1.165) is 11.4 Å². The summed E-state index contributed by atoms with van der Waals surface area (Å²) in [6.45, 7) is 0. The van der Waals surface area contributed by atoms with Crippen molar-refractivity contribution < 1.29 is 19.0 Å². The number of fused-ring (bicyclic) bond motifs is 2. The molecule has 1 fully saturated rings. The highest BCUT2D eigenvalue weighted by molar-refractivity contribution is 5.94. The molecule has 0 spiro atoms. The molecule has 2 aliphatic rings. The summed E-state index contributed by atoms with van der Waals surface area (Å²) in [6.07, 6.45) is 0.349. The van der Waals surface area contributed by atoms with Gasteiger partial charge < -0.3 is 20.5 Å². The molecule has 1 saturated carbocycles. The number of nitrogens with one attached hydrogen (secondary N) is 2. The number of aliphatic hydroxyl groups is 1. The molecule has 25 heavy (non-hydrogen) atoms. The van der Waals surface area contributed by atoms with Crippen LogP contribution in [0.25, 0.3) is 0 Å². The van der Waals surface area contributed by atoms with Gasteiger partial charge in [-0.05, 0) is 43.2 Å². The van der Waals surface area contributed by atoms with E-state index >= 15 is 0 Å². The van der Waals surface area contributed by atoms with Crippen molar-refractivity contribution in [3.8, 4) is 5.75 Å². The van der Waals surface area contributed by atoms with Crippen LogP contribution < -0.4 is 15.4 Å². The lowest BCUT2D eigenvalue weighted by Crippen LogP contribution is -2.61. The van der Waals surface area contributed by atoms with Gasteiger partial charge in [-0.15, -0.1) is 0 Å². The Hall–Kier alpha value is -2.60. The smallest absolute Gasteiger partial charge is 0.251 e. The van der Waals surface area contributed by atoms with Crippen LogP contribution in [-0.2, 0) is 0 Å². The van der Waals surface area contributed by atoms with Gasteiger partial charge in [0, 0.05) is 5.56 Å². The summed E-state index contributed by atoms with van der Waals surface area (Å²) in [5.41, 5.74) is 1.08. The summed E-state index contributed by atoms with van der Waals surface area (Å²) in [5, 5.41) is 16.8. The van der Waals surface area contributed by atoms with Crippen molar-refractivity contribution in [3.63, 3.8) is 0 Å². The minimum atomic E-state index is -0.801. The largest absolute Gasteiger partial charge is 0.486 e. The SMILES string of the molecule is O=C(N[C@@H]1CC[C@H]2Oc3ccccc3N[C@H]2[C@@H]1O)c1cccc(F)c1. The molecule has 0 aromatic heterocycles. The summed E-state index contributed by atoms with van der Waals surface area (Å²) in [7, 11) is 0. The molecule has 2 aromatic rings. The highest BCUT2D eigenvalue weighted by Crippen LogP contribution is 2.36. The first-order valence-electron chi connectivity index (χ1n) is 8.38. The molecule has 1 aliphatic heterocycles. The summed E-state index contributed by atoms with van der Waals surface area (Å²) in [4.78, 5) is 12.3. The molecule has 2 aromatic carbocycles. The van der Waals surface area contributed by atoms with Crippen molar-refractivity contribution in [1.82, 2.24) is 5.32 Å². The van der Waals surface area contributed by atoms with E-state index in [9.17, 15) is 14.3 Å². The standard InChI is InChI=1S/C19H19FN2O3/c20-12-5-3-4-11(10-12)19(24)22-14-8-9-16-17(18(14)23)21-13-6-1-2-7-15(13)25-16/h1-7,10,14,16-18,21,23H,8-9H2,(H,22,24)/t14-,16-,17-,18-/m1/s1. The third-order valence-electron chi connectivity index (χ3n) is 4.83. The molecule has 130 valence electrons. The Morgan fingerprint density at radius 3 is 2.88 bits per heavy atom. The van der Waals surface area contributed by atoms with Gasteiger partial charge in [-0.1, -0.05) is 18.2 Å². The Morgan fingerprint density at radius 2 is 2.04 bits per heavy atom. The lowest BCUT2D eigenvalue weighted by molar-refractivity contribution is 0.00959. The first kappa shape index (κ1) is 15.9. The first-order chi connectivity index (χ1) is 12.1. The summed E-state index contributed by atoms with van der Waals surface area (Å²) >= 11 is 0. The van der Waals surface area contributed by atoms with Crippen LogP contribution >= 0.6 is 0 Å². The number of benzene rings is 2. The maximum atomic E-state index is 13.3. The van der Waals surface area contributed by atoms with Gasteiger partial charge in [0.25, 0.3) is 5.91 Å². The van der Waals surface area contributed by atoms with E-state index < -0.39 is 18.0 Å². The van der Waals surface area contributed by atoms with Gasteiger partial charge in [0.1, 0.15) is 17.7 Å². The zero-order chi connectivity index (χ0) is 17.4. The average Bonchev–Trinajstić information content (AvgIpc) is 2.63. The Labute approximate surface area is 144 Å². The van der Waals surface area contributed by atoms with Crippen LogP contribution in [0.2, 0.25) is 0 Å². The third kappa shape index (κ3) is 3.05. The van der Waals surface area contributed by atoms with Gasteiger partial charge in [-0.2, -0.15) is 0 Å². The summed E-state index contributed by atoms with van der Waals surface area (Å²) in [6, 6.07) is 12.4. The maximum Gasteiger partial charge on any atom is 0.251 e. The van der Waals surface area contributed by atoms with Crippen molar-refractivity contribution >= 4 is 11.6 Å². The second-order valence-corrected chi connectivity index (χ2v) is 6.48. The molecular weight excluding hydrogens is 323 g/mol. The molecule has 5 nitrogen and oxygen atoms in total. The van der Waals surface area contributed by atoms with Gasteiger partial charge in [0.2, 0.25) is 0 Å². The Morgan fingerprint density at radius 1 is 1.20 bits per heavy atom. The fourth-order valence-electron chi connectivity index (χ4n) is 3.55. The molecule has 4 atom stereocenters. The number of hydrogen-bond acceptors (Lipinski definition) is 4. The number of carbonyl (C=O) groups is 1.